The average molecular weight is 796 g/mol. The molecule has 1 unspecified atom stereocenters. The number of benzene rings is 3. The Kier molecular flexibility index (Phi) is 9.38. The predicted molar refractivity (Wildman–Crippen MR) is 218 cm³/mol. The second-order valence-corrected chi connectivity index (χ2v) is 16.6. The van der Waals surface area contributed by atoms with Gasteiger partial charge in [0.05, 0.1) is 23.3 Å². The lowest BCUT2D eigenvalue weighted by Crippen LogP contribution is -2.55. The van der Waals surface area contributed by atoms with Crippen LogP contribution in [-0.4, -0.2) is 113 Å². The number of aromatic amines is 1. The highest BCUT2D eigenvalue weighted by molar-refractivity contribution is 6.24. The zero-order valence-corrected chi connectivity index (χ0v) is 33.4. The summed E-state index contributed by atoms with van der Waals surface area (Å²) in [7, 11) is 0. The molecule has 0 spiro atoms. The molecule has 1 aliphatic carbocycles. The number of ether oxygens (including phenoxy) is 1. The SMILES string of the molecule is [C-]#[N+]c1ccc2c3c([nH]c2c1)C(C)(C)c1cc(N2CCC(N4CCN(C(=O)COc5cccc6c5C(=O)N(C5CCC(=O)NC5=O)C6=O)CC4)CC2)c(CC)cc1C3=O. The van der Waals surface area contributed by atoms with E-state index in [-0.39, 0.29) is 48.0 Å². The number of H-pyrrole nitrogens is 1. The third kappa shape index (κ3) is 6.26. The minimum Gasteiger partial charge on any atom is -0.483 e. The lowest BCUT2D eigenvalue weighted by atomic mass is 9.70. The molecular formula is C45H45N7O7. The number of hydrogen-bond acceptors (Lipinski definition) is 9. The molecule has 0 bridgehead atoms. The maximum atomic E-state index is 14.1. The van der Waals surface area contributed by atoms with Gasteiger partial charge in [-0.15, -0.1) is 0 Å². The van der Waals surface area contributed by atoms with Crippen molar-refractivity contribution in [1.29, 1.82) is 0 Å². The Morgan fingerprint density at radius 2 is 1.66 bits per heavy atom. The number of carbonyl (C=O) groups is 6. The number of aryl methyl sites for hydroxylation is 1. The first-order chi connectivity index (χ1) is 28.4. The first-order valence-corrected chi connectivity index (χ1v) is 20.4. The molecular weight excluding hydrogens is 751 g/mol. The van der Waals surface area contributed by atoms with Gasteiger partial charge in [0.25, 0.3) is 17.7 Å². The van der Waals surface area contributed by atoms with Crippen LogP contribution in [0.2, 0.25) is 0 Å². The van der Waals surface area contributed by atoms with Gasteiger partial charge in [-0.05, 0) is 67.1 Å². The van der Waals surface area contributed by atoms with Crippen LogP contribution < -0.4 is 15.0 Å². The molecule has 2 N–H and O–H groups in total. The molecule has 5 amide bonds. The van der Waals surface area contributed by atoms with Crippen molar-refractivity contribution in [3.8, 4) is 5.75 Å². The molecule has 3 saturated heterocycles. The molecule has 14 heteroatoms. The van der Waals surface area contributed by atoms with E-state index in [2.05, 4.69) is 57.8 Å². The van der Waals surface area contributed by atoms with Crippen LogP contribution >= 0.6 is 0 Å². The number of nitrogens with one attached hydrogen (secondary N) is 2. The Labute approximate surface area is 341 Å². The van der Waals surface area contributed by atoms with Gasteiger partial charge in [0.1, 0.15) is 11.8 Å². The number of amides is 5. The van der Waals surface area contributed by atoms with E-state index in [1.54, 1.807) is 17.0 Å². The second kappa shape index (κ2) is 14.5. The topological polar surface area (TPSA) is 157 Å². The van der Waals surface area contributed by atoms with Gasteiger partial charge >= 0.3 is 0 Å². The summed E-state index contributed by atoms with van der Waals surface area (Å²) >= 11 is 0. The molecule has 59 heavy (non-hydrogen) atoms. The number of ketones is 1. The number of carbonyl (C=O) groups excluding carboxylic acids is 6. The Balaban J connectivity index is 0.817. The minimum atomic E-state index is -1.09. The van der Waals surface area contributed by atoms with Crippen molar-refractivity contribution in [2.45, 2.75) is 70.4 Å². The van der Waals surface area contributed by atoms with Crippen molar-refractivity contribution in [3.63, 3.8) is 0 Å². The first kappa shape index (κ1) is 38.2. The molecule has 9 rings (SSSR count). The number of fused-ring (bicyclic) bond motifs is 5. The molecule has 1 aromatic heterocycles. The van der Waals surface area contributed by atoms with Crippen molar-refractivity contribution < 1.29 is 33.5 Å². The smallest absolute Gasteiger partial charge is 0.266 e. The van der Waals surface area contributed by atoms with E-state index in [9.17, 15) is 28.8 Å². The number of aromatic nitrogens is 1. The van der Waals surface area contributed by atoms with Crippen molar-refractivity contribution >= 4 is 57.6 Å². The van der Waals surface area contributed by atoms with Gasteiger partial charge in [-0.25, -0.2) is 4.85 Å². The van der Waals surface area contributed by atoms with Gasteiger partial charge in [0.2, 0.25) is 11.8 Å². The number of piperazine rings is 1. The van der Waals surface area contributed by atoms with Crippen molar-refractivity contribution in [2.24, 2.45) is 0 Å². The second-order valence-electron chi connectivity index (χ2n) is 16.6. The molecule has 4 aliphatic heterocycles. The molecule has 1 atom stereocenters. The highest BCUT2D eigenvalue weighted by Gasteiger charge is 2.46. The van der Waals surface area contributed by atoms with Crippen LogP contribution in [-0.2, 0) is 26.2 Å². The molecule has 3 fully saturated rings. The van der Waals surface area contributed by atoms with Gasteiger partial charge in [0.15, 0.2) is 18.1 Å². The predicted octanol–water partition coefficient (Wildman–Crippen LogP) is 4.74. The summed E-state index contributed by atoms with van der Waals surface area (Å²) in [6.45, 7) is 17.9. The fraction of sp³-hybridized carbons (Fsp3) is 0.400. The molecule has 5 heterocycles. The van der Waals surface area contributed by atoms with E-state index >= 15 is 0 Å². The van der Waals surface area contributed by atoms with Crippen molar-refractivity contribution in [2.75, 3.05) is 50.8 Å². The van der Waals surface area contributed by atoms with Gasteiger partial charge < -0.3 is 19.5 Å². The van der Waals surface area contributed by atoms with Crippen molar-refractivity contribution in [3.05, 3.63) is 99.0 Å². The zero-order valence-electron chi connectivity index (χ0n) is 33.4. The van der Waals surface area contributed by atoms with E-state index in [1.807, 2.05) is 12.1 Å². The number of piperidine rings is 2. The summed E-state index contributed by atoms with van der Waals surface area (Å²) < 4.78 is 5.88. The fourth-order valence-electron chi connectivity index (χ4n) is 9.79. The quantitative estimate of drug-likeness (QED) is 0.199. The van der Waals surface area contributed by atoms with E-state index in [0.29, 0.717) is 30.4 Å². The van der Waals surface area contributed by atoms with E-state index in [1.165, 1.54) is 17.8 Å². The van der Waals surface area contributed by atoms with Crippen LogP contribution in [0.5, 0.6) is 5.75 Å². The Hall–Kier alpha value is -6.33. The summed E-state index contributed by atoms with van der Waals surface area (Å²) in [4.78, 5) is 92.9. The van der Waals surface area contributed by atoms with Crippen LogP contribution in [0.3, 0.4) is 0 Å². The van der Waals surface area contributed by atoms with E-state index in [4.69, 9.17) is 11.3 Å². The lowest BCUT2D eigenvalue weighted by molar-refractivity contribution is -0.136. The first-order valence-electron chi connectivity index (χ1n) is 20.4. The van der Waals surface area contributed by atoms with Gasteiger partial charge in [-0.3, -0.25) is 43.9 Å². The van der Waals surface area contributed by atoms with Crippen LogP contribution in [0.4, 0.5) is 11.4 Å². The summed E-state index contributed by atoms with van der Waals surface area (Å²) in [6.07, 6.45) is 2.81. The molecule has 4 aromatic rings. The normalized spacial score (nSPS) is 20.7. The average Bonchev–Trinajstić information content (AvgIpc) is 3.76. The molecule has 0 saturated carbocycles. The third-order valence-electron chi connectivity index (χ3n) is 13.1. The molecule has 14 nitrogen and oxygen atoms in total. The minimum absolute atomic E-state index is 0.0184. The maximum Gasteiger partial charge on any atom is 0.266 e. The van der Waals surface area contributed by atoms with Crippen LogP contribution in [0.15, 0.2) is 48.5 Å². The van der Waals surface area contributed by atoms with Crippen molar-refractivity contribution in [1.82, 2.24) is 25.0 Å². The molecule has 0 radical (unpaired) electrons. The summed E-state index contributed by atoms with van der Waals surface area (Å²) in [5.74, 6) is -2.54. The zero-order chi connectivity index (χ0) is 41.3. The van der Waals surface area contributed by atoms with E-state index < -0.39 is 35.1 Å². The highest BCUT2D eigenvalue weighted by atomic mass is 16.5. The Morgan fingerprint density at radius 1 is 0.898 bits per heavy atom. The van der Waals surface area contributed by atoms with Crippen LogP contribution in [0, 0.1) is 6.57 Å². The van der Waals surface area contributed by atoms with E-state index in [0.717, 1.165) is 83.6 Å². The van der Waals surface area contributed by atoms with Crippen LogP contribution in [0.1, 0.15) is 99.9 Å². The largest absolute Gasteiger partial charge is 0.483 e. The molecule has 302 valence electrons. The molecule has 3 aromatic carbocycles. The summed E-state index contributed by atoms with van der Waals surface area (Å²) in [5, 5.41) is 3.05. The summed E-state index contributed by atoms with van der Waals surface area (Å²) in [5.41, 5.74) is 6.69. The highest BCUT2D eigenvalue weighted by Crippen LogP contribution is 2.46. The van der Waals surface area contributed by atoms with Gasteiger partial charge in [0, 0.05) is 85.0 Å². The third-order valence-corrected chi connectivity index (χ3v) is 13.1. The monoisotopic (exact) mass is 795 g/mol. The molecule has 5 aliphatic rings. The number of rotatable bonds is 7. The Bertz CT molecular complexity index is 2530. The number of anilines is 1. The number of imide groups is 2. The Morgan fingerprint density at radius 3 is 2.37 bits per heavy atom. The van der Waals surface area contributed by atoms with Crippen LogP contribution in [0.25, 0.3) is 15.7 Å². The fourth-order valence-corrected chi connectivity index (χ4v) is 9.79. The van der Waals surface area contributed by atoms with Gasteiger partial charge in [-0.1, -0.05) is 39.0 Å². The maximum absolute atomic E-state index is 14.1. The number of nitrogens with zero attached hydrogens (tertiary/aromatic N) is 5. The standard InChI is InChI=1S/C45H45N7O7/c1-5-25-21-30-31(45(2,3)41-39(40(30)55)28-10-9-26(46-4)22-32(28)47-41)23-34(25)50-15-13-27(14-16-50)49-17-19-51(20-18-49)37(54)24-59-35-8-6-7-29-38(35)44(58)52(43(29)57)33-11-12-36(53)48-42(33)56/h6-10,21-23,27,33,47H,5,11-20,24H2,1-3H3,(H,48,53,56). The number of hydrogen-bond donors (Lipinski definition) is 2. The lowest BCUT2D eigenvalue weighted by Gasteiger charge is -2.44. The summed E-state index contributed by atoms with van der Waals surface area (Å²) in [6, 6.07) is 13.7. The van der Waals surface area contributed by atoms with Gasteiger partial charge in [-0.2, -0.15) is 0 Å².